The van der Waals surface area contributed by atoms with Crippen molar-refractivity contribution in [1.29, 1.82) is 0 Å². The van der Waals surface area contributed by atoms with Gasteiger partial charge in [-0.25, -0.2) is 0 Å². The van der Waals surface area contributed by atoms with E-state index < -0.39 is 17.9 Å². The highest BCUT2D eigenvalue weighted by Gasteiger charge is 2.37. The molecule has 0 fully saturated rings. The van der Waals surface area contributed by atoms with Gasteiger partial charge in [0, 0.05) is 13.2 Å². The molecule has 0 aliphatic carbocycles. The summed E-state index contributed by atoms with van der Waals surface area (Å²) in [6, 6.07) is 0.372. The van der Waals surface area contributed by atoms with Crippen LogP contribution in [0.5, 0.6) is 0 Å². The van der Waals surface area contributed by atoms with Crippen LogP contribution in [-0.2, 0) is 10.9 Å². The summed E-state index contributed by atoms with van der Waals surface area (Å²) in [6.45, 7) is 1.93. The summed E-state index contributed by atoms with van der Waals surface area (Å²) in [5, 5.41) is 3.66. The maximum atomic E-state index is 12.6. The van der Waals surface area contributed by atoms with Gasteiger partial charge in [0.15, 0.2) is 0 Å². The van der Waals surface area contributed by atoms with Crippen molar-refractivity contribution < 1.29 is 17.9 Å². The first-order chi connectivity index (χ1) is 7.40. The highest BCUT2D eigenvalue weighted by Crippen LogP contribution is 2.32. The average molecular weight is 237 g/mol. The number of hydrogen-bond acceptors (Lipinski definition) is 3. The van der Waals surface area contributed by atoms with Gasteiger partial charge in [0.1, 0.15) is 11.5 Å². The second-order valence-corrected chi connectivity index (χ2v) is 3.41. The lowest BCUT2D eigenvalue weighted by Crippen LogP contribution is -2.22. The van der Waals surface area contributed by atoms with Gasteiger partial charge in [-0.15, -0.1) is 0 Å². The number of methoxy groups -OCH3 is 1. The number of anilines is 1. The van der Waals surface area contributed by atoms with Crippen molar-refractivity contribution in [1.82, 2.24) is 9.78 Å². The zero-order valence-corrected chi connectivity index (χ0v) is 9.08. The second kappa shape index (κ2) is 4.73. The van der Waals surface area contributed by atoms with E-state index in [0.29, 0.717) is 6.42 Å². The number of nitrogens with zero attached hydrogens (tertiary/aromatic N) is 2. The molecule has 1 heterocycles. The summed E-state index contributed by atoms with van der Waals surface area (Å²) in [6.07, 6.45) is -3.97. The Morgan fingerprint density at radius 2 is 2.19 bits per heavy atom. The van der Waals surface area contributed by atoms with Gasteiger partial charge in [-0.2, -0.15) is 18.3 Å². The summed E-state index contributed by atoms with van der Waals surface area (Å²) in [7, 11) is 1.43. The molecule has 1 unspecified atom stereocenters. The van der Waals surface area contributed by atoms with Gasteiger partial charge >= 0.3 is 6.18 Å². The van der Waals surface area contributed by atoms with Crippen molar-refractivity contribution in [3.63, 3.8) is 0 Å². The Morgan fingerprint density at radius 1 is 1.56 bits per heavy atom. The Balaban J connectivity index is 3.11. The molecule has 1 atom stereocenters. The summed E-state index contributed by atoms with van der Waals surface area (Å²) < 4.78 is 43.7. The first-order valence-electron chi connectivity index (χ1n) is 4.81. The Labute approximate surface area is 91.2 Å². The molecule has 0 saturated heterocycles. The lowest BCUT2D eigenvalue weighted by Gasteiger charge is -2.18. The van der Waals surface area contributed by atoms with Crippen LogP contribution in [0.25, 0.3) is 0 Å². The first-order valence-corrected chi connectivity index (χ1v) is 4.81. The fourth-order valence-corrected chi connectivity index (χ4v) is 1.46. The molecule has 92 valence electrons. The van der Waals surface area contributed by atoms with E-state index in [4.69, 9.17) is 10.5 Å². The summed E-state index contributed by atoms with van der Waals surface area (Å²) in [4.78, 5) is 0. The van der Waals surface area contributed by atoms with Crippen molar-refractivity contribution in [2.24, 2.45) is 0 Å². The Kier molecular flexibility index (Phi) is 3.79. The third-order valence-corrected chi connectivity index (χ3v) is 2.22. The maximum Gasteiger partial charge on any atom is 0.433 e. The van der Waals surface area contributed by atoms with Crippen LogP contribution in [0.2, 0.25) is 0 Å². The fraction of sp³-hybridized carbons (Fsp3) is 0.667. The zero-order chi connectivity index (χ0) is 12.3. The molecule has 0 aliphatic heterocycles. The molecule has 1 aromatic rings. The minimum Gasteiger partial charge on any atom is -0.382 e. The topological polar surface area (TPSA) is 53.1 Å². The van der Waals surface area contributed by atoms with Crippen LogP contribution >= 0.6 is 0 Å². The van der Waals surface area contributed by atoms with Crippen LogP contribution in [0.4, 0.5) is 19.0 Å². The van der Waals surface area contributed by atoms with Crippen LogP contribution < -0.4 is 5.73 Å². The van der Waals surface area contributed by atoms with E-state index in [1.54, 1.807) is 6.92 Å². The van der Waals surface area contributed by atoms with Gasteiger partial charge in [-0.1, -0.05) is 6.92 Å². The third kappa shape index (κ3) is 2.66. The number of nitrogen functional groups attached to an aromatic ring is 1. The van der Waals surface area contributed by atoms with Crippen LogP contribution in [-0.4, -0.2) is 23.5 Å². The third-order valence-electron chi connectivity index (χ3n) is 2.22. The van der Waals surface area contributed by atoms with E-state index >= 15 is 0 Å². The summed E-state index contributed by atoms with van der Waals surface area (Å²) in [5.74, 6) is -0.137. The number of halogens is 3. The van der Waals surface area contributed by atoms with E-state index in [0.717, 1.165) is 10.7 Å². The minimum atomic E-state index is -4.45. The Hall–Kier alpha value is -1.24. The molecule has 0 amide bonds. The van der Waals surface area contributed by atoms with Crippen LogP contribution in [0.15, 0.2) is 6.07 Å². The lowest BCUT2D eigenvalue weighted by atomic mass is 10.2. The Morgan fingerprint density at radius 3 is 2.62 bits per heavy atom. The van der Waals surface area contributed by atoms with Crippen LogP contribution in [0.3, 0.4) is 0 Å². The van der Waals surface area contributed by atoms with Crippen molar-refractivity contribution in [2.45, 2.75) is 25.6 Å². The van der Waals surface area contributed by atoms with Gasteiger partial charge in [-0.05, 0) is 6.42 Å². The molecule has 16 heavy (non-hydrogen) atoms. The van der Waals surface area contributed by atoms with E-state index in [-0.39, 0.29) is 12.4 Å². The molecule has 0 bridgehead atoms. The molecule has 0 radical (unpaired) electrons. The van der Waals surface area contributed by atoms with E-state index in [1.807, 2.05) is 0 Å². The van der Waals surface area contributed by atoms with Crippen molar-refractivity contribution in [3.05, 3.63) is 11.8 Å². The van der Waals surface area contributed by atoms with E-state index in [2.05, 4.69) is 5.10 Å². The molecule has 0 saturated carbocycles. The summed E-state index contributed by atoms with van der Waals surface area (Å²) >= 11 is 0. The van der Waals surface area contributed by atoms with Gasteiger partial charge < -0.3 is 10.5 Å². The largest absolute Gasteiger partial charge is 0.433 e. The molecule has 4 nitrogen and oxygen atoms in total. The summed E-state index contributed by atoms with van der Waals surface area (Å²) in [5.41, 5.74) is 4.45. The number of hydrogen-bond donors (Lipinski definition) is 1. The van der Waals surface area contributed by atoms with Gasteiger partial charge in [0.05, 0.1) is 12.6 Å². The predicted molar refractivity (Wildman–Crippen MR) is 52.8 cm³/mol. The highest BCUT2D eigenvalue weighted by molar-refractivity contribution is 5.31. The predicted octanol–water partition coefficient (Wildman–Crippen LogP) is 2.08. The number of alkyl halides is 3. The number of ether oxygens (including phenoxy) is 1. The monoisotopic (exact) mass is 237 g/mol. The van der Waals surface area contributed by atoms with Crippen molar-refractivity contribution >= 4 is 5.82 Å². The molecular formula is C9H14F3N3O. The molecule has 2 N–H and O–H groups in total. The molecule has 1 aromatic heterocycles. The molecule has 1 rings (SSSR count). The fourth-order valence-electron chi connectivity index (χ4n) is 1.46. The van der Waals surface area contributed by atoms with Crippen LogP contribution in [0.1, 0.15) is 25.1 Å². The maximum absolute atomic E-state index is 12.6. The highest BCUT2D eigenvalue weighted by atomic mass is 19.4. The van der Waals surface area contributed by atoms with Gasteiger partial charge in [0.25, 0.3) is 0 Å². The SMILES string of the molecule is CCC(COC)n1nc(N)cc1C(F)(F)F. The van der Waals surface area contributed by atoms with E-state index in [9.17, 15) is 13.2 Å². The van der Waals surface area contributed by atoms with Crippen molar-refractivity contribution in [3.8, 4) is 0 Å². The minimum absolute atomic E-state index is 0.137. The molecule has 0 aromatic carbocycles. The molecule has 7 heteroatoms. The zero-order valence-electron chi connectivity index (χ0n) is 9.08. The Bertz CT molecular complexity index is 348. The smallest absolute Gasteiger partial charge is 0.382 e. The van der Waals surface area contributed by atoms with Crippen molar-refractivity contribution in [2.75, 3.05) is 19.5 Å². The van der Waals surface area contributed by atoms with Gasteiger partial charge in [-0.3, -0.25) is 4.68 Å². The lowest BCUT2D eigenvalue weighted by molar-refractivity contribution is -0.145. The van der Waals surface area contributed by atoms with Gasteiger partial charge in [0.2, 0.25) is 0 Å². The van der Waals surface area contributed by atoms with Crippen LogP contribution in [0, 0.1) is 0 Å². The number of aromatic nitrogens is 2. The normalized spacial score (nSPS) is 14.1. The quantitative estimate of drug-likeness (QED) is 0.872. The van der Waals surface area contributed by atoms with E-state index in [1.165, 1.54) is 7.11 Å². The second-order valence-electron chi connectivity index (χ2n) is 3.41. The molecule has 0 aliphatic rings. The first kappa shape index (κ1) is 12.8. The molecular weight excluding hydrogens is 223 g/mol. The number of rotatable bonds is 4. The standard InChI is InChI=1S/C9H14F3N3O/c1-3-6(5-16-2)15-7(9(10,11)12)4-8(13)14-15/h4,6H,3,5H2,1-2H3,(H2,13,14). The molecule has 0 spiro atoms. The average Bonchev–Trinajstić information content (AvgIpc) is 2.56. The number of nitrogens with two attached hydrogens (primary N) is 1.